The Morgan fingerprint density at radius 2 is 1.69 bits per heavy atom. The van der Waals surface area contributed by atoms with Crippen LogP contribution < -0.4 is 0 Å². The van der Waals surface area contributed by atoms with Crippen molar-refractivity contribution in [2.45, 2.75) is 38.1 Å². The molecule has 2 atom stereocenters. The molecule has 1 amide bonds. The highest BCUT2D eigenvalue weighted by molar-refractivity contribution is 5.79. The summed E-state index contributed by atoms with van der Waals surface area (Å²) in [6, 6.07) is 6.75. The molecule has 2 unspecified atom stereocenters. The van der Waals surface area contributed by atoms with Crippen LogP contribution in [-0.2, 0) is 33.4 Å². The number of carbonyl (C=O) groups excluding carboxylic acids is 2. The number of amides is 1. The standard InChI is InChI=1S/C25H26F4N2O5/c1-15-8-17(13-23(35)36)10-18(9-15)24(21(33)14-32)31-6-4-30(5-7-31)22(34)12-16-2-3-19(20(26)11-16)25(27,28)29/h2-3,8-11,14,21,24,33H,4-7,12-13H2,1H3,(H,35,36). The van der Waals surface area contributed by atoms with E-state index >= 15 is 0 Å². The van der Waals surface area contributed by atoms with Crippen molar-refractivity contribution < 1.29 is 42.2 Å². The molecule has 11 heteroatoms. The predicted octanol–water partition coefficient (Wildman–Crippen LogP) is 2.77. The van der Waals surface area contributed by atoms with Gasteiger partial charge in [0, 0.05) is 26.2 Å². The van der Waals surface area contributed by atoms with Crippen molar-refractivity contribution in [2.75, 3.05) is 26.2 Å². The van der Waals surface area contributed by atoms with E-state index in [1.165, 1.54) is 4.90 Å². The van der Waals surface area contributed by atoms with Gasteiger partial charge in [0.25, 0.3) is 0 Å². The summed E-state index contributed by atoms with van der Waals surface area (Å²) < 4.78 is 52.1. The van der Waals surface area contributed by atoms with Crippen LogP contribution in [0.3, 0.4) is 0 Å². The number of carboxylic acids is 1. The number of hydrogen-bond donors (Lipinski definition) is 2. The minimum Gasteiger partial charge on any atom is -0.481 e. The van der Waals surface area contributed by atoms with Gasteiger partial charge < -0.3 is 19.9 Å². The molecule has 194 valence electrons. The molecule has 3 rings (SSSR count). The zero-order valence-electron chi connectivity index (χ0n) is 19.5. The molecule has 0 saturated carbocycles. The fourth-order valence-corrected chi connectivity index (χ4v) is 4.47. The lowest BCUT2D eigenvalue weighted by atomic mass is 9.94. The van der Waals surface area contributed by atoms with Crippen LogP contribution in [0.5, 0.6) is 0 Å². The highest BCUT2D eigenvalue weighted by atomic mass is 19.4. The minimum atomic E-state index is -4.82. The summed E-state index contributed by atoms with van der Waals surface area (Å²) in [4.78, 5) is 38.6. The smallest absolute Gasteiger partial charge is 0.419 e. The maximum atomic E-state index is 13.8. The first-order valence-corrected chi connectivity index (χ1v) is 11.2. The molecular weight excluding hydrogens is 484 g/mol. The molecule has 2 aromatic rings. The Balaban J connectivity index is 1.70. The first-order chi connectivity index (χ1) is 16.9. The van der Waals surface area contributed by atoms with Gasteiger partial charge in [-0.2, -0.15) is 13.2 Å². The summed E-state index contributed by atoms with van der Waals surface area (Å²) in [6.45, 7) is 2.78. The first-order valence-electron chi connectivity index (χ1n) is 11.2. The molecule has 0 spiro atoms. The Kier molecular flexibility index (Phi) is 8.47. The van der Waals surface area contributed by atoms with Crippen molar-refractivity contribution in [2.24, 2.45) is 0 Å². The number of alkyl halides is 3. The Hall–Kier alpha value is -3.31. The van der Waals surface area contributed by atoms with Crippen LogP contribution in [0.4, 0.5) is 17.6 Å². The highest BCUT2D eigenvalue weighted by Gasteiger charge is 2.35. The van der Waals surface area contributed by atoms with Crippen molar-refractivity contribution in [1.29, 1.82) is 0 Å². The van der Waals surface area contributed by atoms with Crippen LogP contribution in [-0.4, -0.2) is 70.5 Å². The van der Waals surface area contributed by atoms with Crippen LogP contribution in [0.1, 0.15) is 33.9 Å². The third kappa shape index (κ3) is 6.67. The number of aryl methyl sites for hydroxylation is 1. The molecule has 1 saturated heterocycles. The number of carboxylic acid groups (broad SMARTS) is 1. The molecule has 7 nitrogen and oxygen atoms in total. The number of hydrogen-bond acceptors (Lipinski definition) is 5. The van der Waals surface area contributed by atoms with Crippen molar-refractivity contribution in [3.05, 3.63) is 70.0 Å². The fraction of sp³-hybridized carbons (Fsp3) is 0.400. The first kappa shape index (κ1) is 27.3. The van der Waals surface area contributed by atoms with Gasteiger partial charge in [0.15, 0.2) is 0 Å². The number of aliphatic hydroxyl groups is 1. The second kappa shape index (κ2) is 11.2. The number of benzene rings is 2. The average Bonchev–Trinajstić information content (AvgIpc) is 2.78. The second-order valence-electron chi connectivity index (χ2n) is 8.80. The number of aliphatic hydroxyl groups excluding tert-OH is 1. The number of piperazine rings is 1. The van der Waals surface area contributed by atoms with E-state index in [9.17, 15) is 37.1 Å². The molecule has 2 aromatic carbocycles. The predicted molar refractivity (Wildman–Crippen MR) is 121 cm³/mol. The van der Waals surface area contributed by atoms with Crippen molar-refractivity contribution >= 4 is 18.2 Å². The molecular formula is C25H26F4N2O5. The van der Waals surface area contributed by atoms with Crippen molar-refractivity contribution in [3.8, 4) is 0 Å². The molecule has 1 fully saturated rings. The maximum absolute atomic E-state index is 13.8. The number of rotatable bonds is 8. The van der Waals surface area contributed by atoms with Gasteiger partial charge in [-0.15, -0.1) is 0 Å². The van der Waals surface area contributed by atoms with Crippen molar-refractivity contribution in [3.63, 3.8) is 0 Å². The van der Waals surface area contributed by atoms with Gasteiger partial charge in [0.1, 0.15) is 18.2 Å². The van der Waals surface area contributed by atoms with E-state index in [0.717, 1.165) is 11.6 Å². The van der Waals surface area contributed by atoms with Gasteiger partial charge >= 0.3 is 12.1 Å². The van der Waals surface area contributed by atoms with Gasteiger partial charge in [-0.05, 0) is 35.7 Å². The normalized spacial score (nSPS) is 16.4. The summed E-state index contributed by atoms with van der Waals surface area (Å²) in [5.74, 6) is -2.84. The highest BCUT2D eigenvalue weighted by Crippen LogP contribution is 2.32. The molecule has 1 heterocycles. The van der Waals surface area contributed by atoms with Crippen LogP contribution in [0.15, 0.2) is 36.4 Å². The second-order valence-corrected chi connectivity index (χ2v) is 8.80. The number of aldehydes is 1. The Morgan fingerprint density at radius 1 is 1.03 bits per heavy atom. The van der Waals surface area contributed by atoms with E-state index in [1.54, 1.807) is 25.1 Å². The van der Waals surface area contributed by atoms with E-state index in [4.69, 9.17) is 5.11 Å². The zero-order valence-corrected chi connectivity index (χ0v) is 19.5. The van der Waals surface area contributed by atoms with Gasteiger partial charge in [0.2, 0.25) is 5.91 Å². The van der Waals surface area contributed by atoms with E-state index < -0.39 is 35.7 Å². The lowest BCUT2D eigenvalue weighted by Crippen LogP contribution is -2.52. The van der Waals surface area contributed by atoms with E-state index in [0.29, 0.717) is 29.5 Å². The summed E-state index contributed by atoms with van der Waals surface area (Å²) >= 11 is 0. The molecule has 0 radical (unpaired) electrons. The lowest BCUT2D eigenvalue weighted by Gasteiger charge is -2.40. The van der Waals surface area contributed by atoms with E-state index in [2.05, 4.69) is 0 Å². The molecule has 2 N–H and O–H groups in total. The summed E-state index contributed by atoms with van der Waals surface area (Å²) in [7, 11) is 0. The van der Waals surface area contributed by atoms with Crippen LogP contribution in [0.2, 0.25) is 0 Å². The van der Waals surface area contributed by atoms with Gasteiger partial charge in [-0.1, -0.05) is 29.8 Å². The molecule has 0 aliphatic carbocycles. The molecule has 1 aliphatic heterocycles. The van der Waals surface area contributed by atoms with Crippen LogP contribution in [0, 0.1) is 12.7 Å². The molecule has 0 bridgehead atoms. The molecule has 1 aliphatic rings. The molecule has 0 aromatic heterocycles. The number of carbonyl (C=O) groups is 3. The van der Waals surface area contributed by atoms with Crippen molar-refractivity contribution in [1.82, 2.24) is 9.80 Å². The van der Waals surface area contributed by atoms with Gasteiger partial charge in [-0.3, -0.25) is 14.5 Å². The third-order valence-electron chi connectivity index (χ3n) is 6.07. The lowest BCUT2D eigenvalue weighted by molar-refractivity contribution is -0.140. The minimum absolute atomic E-state index is 0.118. The Morgan fingerprint density at radius 3 is 2.25 bits per heavy atom. The Labute approximate surface area is 204 Å². The van der Waals surface area contributed by atoms with Gasteiger partial charge in [-0.25, -0.2) is 4.39 Å². The summed E-state index contributed by atoms with van der Waals surface area (Å²) in [5.41, 5.74) is 0.594. The number of halogens is 4. The monoisotopic (exact) mass is 510 g/mol. The topological polar surface area (TPSA) is 98.1 Å². The summed E-state index contributed by atoms with van der Waals surface area (Å²) in [5, 5.41) is 19.6. The average molecular weight is 510 g/mol. The SMILES string of the molecule is Cc1cc(CC(=O)O)cc(C(C(O)C=O)N2CCN(C(=O)Cc3ccc(C(F)(F)F)c(F)c3)CC2)c1. The number of nitrogens with zero attached hydrogens (tertiary/aromatic N) is 2. The van der Waals surface area contributed by atoms with E-state index in [1.807, 2.05) is 4.90 Å². The maximum Gasteiger partial charge on any atom is 0.419 e. The number of aliphatic carboxylic acids is 1. The van der Waals surface area contributed by atoms with Gasteiger partial charge in [0.05, 0.1) is 24.4 Å². The molecule has 36 heavy (non-hydrogen) atoms. The van der Waals surface area contributed by atoms with E-state index in [-0.39, 0.29) is 50.5 Å². The quantitative estimate of drug-likeness (QED) is 0.419. The van der Waals surface area contributed by atoms with Crippen LogP contribution in [0.25, 0.3) is 0 Å². The zero-order chi connectivity index (χ0) is 26.6. The largest absolute Gasteiger partial charge is 0.481 e. The Bertz CT molecular complexity index is 1130. The fourth-order valence-electron chi connectivity index (χ4n) is 4.47. The summed E-state index contributed by atoms with van der Waals surface area (Å²) in [6.07, 6.45) is -6.29. The van der Waals surface area contributed by atoms with Crippen LogP contribution >= 0.6 is 0 Å². The third-order valence-corrected chi connectivity index (χ3v) is 6.07.